The maximum Gasteiger partial charge on any atom is 0.269 e. The molecule has 1 aliphatic rings. The second kappa shape index (κ2) is 19.8. The lowest BCUT2D eigenvalue weighted by Gasteiger charge is -2.26. The third-order valence-corrected chi connectivity index (χ3v) is 13.3. The van der Waals surface area contributed by atoms with Crippen molar-refractivity contribution in [1.82, 2.24) is 49.8 Å². The minimum absolute atomic E-state index is 0.0573. The Labute approximate surface area is 393 Å². The number of halogens is 3. The lowest BCUT2D eigenvalue weighted by atomic mass is 10.1. The standard InChI is InChI=1S/C20H23BrN4O.C13H9BrN4O2.C13H11BrN4/c1-14-17(21)13-22-20-18(14)23-19(24-20)15-5-7-16(8-6-15)26-12-11-25-9-3-2-4-10-25;1-7-10(14)6-15-13-11(7)16-12(17-13)8-2-4-9(5-3-8)18(19)20;1-7-10(14)6-16-13-11(7)17-12(18-13)8-2-4-9(15)5-3-8/h5-8,13H,2-4,9-12H2,1H3,(H,22,23,24);2-6H,1H3,(H,15,16,17);2-6H,15H2,1H3,(H,16,17,18). The van der Waals surface area contributed by atoms with Crippen molar-refractivity contribution in [1.29, 1.82) is 0 Å². The molecule has 0 aliphatic carbocycles. The summed E-state index contributed by atoms with van der Waals surface area (Å²) in [5.41, 5.74) is 17.4. The fraction of sp³-hybridized carbons (Fsp3) is 0.217. The molecule has 0 radical (unpaired) electrons. The third-order valence-electron chi connectivity index (χ3n) is 10.9. The van der Waals surface area contributed by atoms with Gasteiger partial charge in [-0.1, -0.05) is 6.42 Å². The normalized spacial score (nSPS) is 12.8. The number of pyridine rings is 3. The average molecular weight is 1050 g/mol. The first-order chi connectivity index (χ1) is 30.9. The van der Waals surface area contributed by atoms with Crippen LogP contribution in [-0.4, -0.2) is 80.9 Å². The van der Waals surface area contributed by atoms with Gasteiger partial charge in [0.25, 0.3) is 5.69 Å². The number of rotatable bonds is 8. The zero-order valence-corrected chi connectivity index (χ0v) is 39.9. The van der Waals surface area contributed by atoms with Crippen LogP contribution in [0.3, 0.4) is 0 Å². The van der Waals surface area contributed by atoms with Crippen LogP contribution in [0.4, 0.5) is 11.4 Å². The van der Waals surface area contributed by atoms with Gasteiger partial charge in [0.1, 0.15) is 29.8 Å². The van der Waals surface area contributed by atoms with Crippen LogP contribution in [0, 0.1) is 30.9 Å². The Morgan fingerprint density at radius 2 is 1.02 bits per heavy atom. The number of hydrogen-bond donors (Lipinski definition) is 4. The molecule has 1 saturated heterocycles. The number of aromatic nitrogens is 9. The minimum Gasteiger partial charge on any atom is -0.492 e. The molecular weight excluding hydrogens is 1010 g/mol. The summed E-state index contributed by atoms with van der Waals surface area (Å²) in [6, 6.07) is 21.9. The Morgan fingerprint density at radius 1 is 0.625 bits per heavy atom. The first kappa shape index (κ1) is 44.5. The van der Waals surface area contributed by atoms with E-state index in [9.17, 15) is 10.1 Å². The molecule has 0 bridgehead atoms. The number of nitrogens with one attached hydrogen (secondary N) is 3. The highest BCUT2D eigenvalue weighted by Crippen LogP contribution is 2.29. The Hall–Kier alpha value is -6.08. The number of nitrogens with zero attached hydrogens (tertiary/aromatic N) is 8. The highest BCUT2D eigenvalue weighted by atomic mass is 79.9. The van der Waals surface area contributed by atoms with E-state index < -0.39 is 4.92 Å². The van der Waals surface area contributed by atoms with Crippen molar-refractivity contribution in [2.24, 2.45) is 0 Å². The molecule has 6 aromatic heterocycles. The second-order valence-corrected chi connectivity index (χ2v) is 17.8. The Balaban J connectivity index is 0.000000134. The van der Waals surface area contributed by atoms with Gasteiger partial charge in [-0.2, -0.15) is 0 Å². The number of piperidine rings is 1. The highest BCUT2D eigenvalue weighted by Gasteiger charge is 2.14. The molecule has 15 nitrogen and oxygen atoms in total. The molecule has 7 heterocycles. The number of benzene rings is 3. The van der Waals surface area contributed by atoms with Crippen LogP contribution in [0.1, 0.15) is 36.0 Å². The number of nitrogen functional groups attached to an aromatic ring is 1. The van der Waals surface area contributed by atoms with Crippen LogP contribution in [0.5, 0.6) is 5.75 Å². The molecule has 10 rings (SSSR count). The van der Waals surface area contributed by atoms with Gasteiger partial charge in [0.15, 0.2) is 16.9 Å². The summed E-state index contributed by atoms with van der Waals surface area (Å²) in [7, 11) is 0. The van der Waals surface area contributed by atoms with E-state index >= 15 is 0 Å². The summed E-state index contributed by atoms with van der Waals surface area (Å²) < 4.78 is 8.77. The summed E-state index contributed by atoms with van der Waals surface area (Å²) in [5.74, 6) is 3.18. The summed E-state index contributed by atoms with van der Waals surface area (Å²) in [6.45, 7) is 10.2. The first-order valence-corrected chi connectivity index (χ1v) is 22.9. The third kappa shape index (κ3) is 10.1. The molecule has 0 atom stereocenters. The van der Waals surface area contributed by atoms with Crippen molar-refractivity contribution in [3.63, 3.8) is 0 Å². The Kier molecular flexibility index (Phi) is 13.7. The number of ether oxygens (including phenoxy) is 1. The molecule has 3 aromatic carbocycles. The van der Waals surface area contributed by atoms with Gasteiger partial charge in [-0.3, -0.25) is 15.0 Å². The molecule has 326 valence electrons. The van der Waals surface area contributed by atoms with Crippen molar-refractivity contribution in [3.8, 4) is 39.9 Å². The van der Waals surface area contributed by atoms with E-state index in [-0.39, 0.29) is 5.69 Å². The summed E-state index contributed by atoms with van der Waals surface area (Å²) >= 11 is 10.4. The Morgan fingerprint density at radius 3 is 1.42 bits per heavy atom. The zero-order chi connectivity index (χ0) is 44.9. The van der Waals surface area contributed by atoms with E-state index in [0.717, 1.165) is 111 Å². The van der Waals surface area contributed by atoms with Gasteiger partial charge in [-0.15, -0.1) is 0 Å². The predicted octanol–water partition coefficient (Wildman–Crippen LogP) is 11.4. The number of aromatic amines is 3. The molecular formula is C46H43Br3N12O3. The van der Waals surface area contributed by atoms with Gasteiger partial charge < -0.3 is 25.4 Å². The van der Waals surface area contributed by atoms with E-state index in [1.807, 2.05) is 62.4 Å². The van der Waals surface area contributed by atoms with Crippen LogP contribution in [0.25, 0.3) is 67.7 Å². The number of anilines is 1. The summed E-state index contributed by atoms with van der Waals surface area (Å²) in [6.07, 6.45) is 9.27. The molecule has 5 N–H and O–H groups in total. The number of non-ortho nitro benzene ring substituents is 1. The number of nitro benzene ring substituents is 1. The van der Waals surface area contributed by atoms with Gasteiger partial charge in [-0.25, -0.2) is 29.9 Å². The molecule has 64 heavy (non-hydrogen) atoms. The largest absolute Gasteiger partial charge is 0.492 e. The van der Waals surface area contributed by atoms with E-state index in [1.165, 1.54) is 44.5 Å². The molecule has 0 spiro atoms. The van der Waals surface area contributed by atoms with Crippen molar-refractivity contribution >= 4 is 92.7 Å². The number of H-pyrrole nitrogens is 3. The fourth-order valence-electron chi connectivity index (χ4n) is 7.14. The topological polar surface area (TPSA) is 206 Å². The maximum atomic E-state index is 10.6. The molecule has 1 aliphatic heterocycles. The molecule has 1 fully saturated rings. The molecule has 18 heteroatoms. The molecule has 0 amide bonds. The van der Waals surface area contributed by atoms with Crippen LogP contribution in [0.15, 0.2) is 105 Å². The van der Waals surface area contributed by atoms with E-state index in [2.05, 4.69) is 104 Å². The van der Waals surface area contributed by atoms with Gasteiger partial charge in [0.05, 0.1) is 21.5 Å². The minimum atomic E-state index is -0.425. The number of fused-ring (bicyclic) bond motifs is 3. The van der Waals surface area contributed by atoms with E-state index in [0.29, 0.717) is 11.5 Å². The lowest BCUT2D eigenvalue weighted by Crippen LogP contribution is -2.33. The van der Waals surface area contributed by atoms with Gasteiger partial charge in [0, 0.05) is 73.1 Å². The van der Waals surface area contributed by atoms with Crippen molar-refractivity contribution in [2.75, 3.05) is 32.0 Å². The molecule has 0 saturated carbocycles. The number of imidazole rings is 3. The van der Waals surface area contributed by atoms with E-state index in [4.69, 9.17) is 10.5 Å². The fourth-order valence-corrected chi connectivity index (χ4v) is 8.04. The number of nitrogens with two attached hydrogens (primary N) is 1. The van der Waals surface area contributed by atoms with Crippen LogP contribution < -0.4 is 10.5 Å². The molecule has 0 unspecified atom stereocenters. The lowest BCUT2D eigenvalue weighted by molar-refractivity contribution is -0.384. The Bertz CT molecular complexity index is 3070. The number of hydrogen-bond acceptors (Lipinski definition) is 11. The maximum absolute atomic E-state index is 10.6. The summed E-state index contributed by atoms with van der Waals surface area (Å²) in [5, 5.41) is 10.6. The average Bonchev–Trinajstić information content (AvgIpc) is 4.08. The van der Waals surface area contributed by atoms with Gasteiger partial charge >= 0.3 is 0 Å². The van der Waals surface area contributed by atoms with Crippen LogP contribution >= 0.6 is 47.8 Å². The predicted molar refractivity (Wildman–Crippen MR) is 262 cm³/mol. The van der Waals surface area contributed by atoms with Crippen molar-refractivity contribution in [3.05, 3.63) is 132 Å². The second-order valence-electron chi connectivity index (χ2n) is 15.2. The highest BCUT2D eigenvalue weighted by molar-refractivity contribution is 9.11. The number of aryl methyl sites for hydroxylation is 3. The van der Waals surface area contributed by atoms with E-state index in [1.54, 1.807) is 30.7 Å². The number of likely N-dealkylation sites (tertiary alicyclic amines) is 1. The van der Waals surface area contributed by atoms with Gasteiger partial charge in [-0.05, 0) is 172 Å². The zero-order valence-electron chi connectivity index (χ0n) is 35.1. The molecule has 9 aromatic rings. The SMILES string of the molecule is Cc1c(Br)cnc2nc(-c3ccc(N)cc3)[nH]c12.Cc1c(Br)cnc2nc(-c3ccc(OCCN4CCCCC4)cc3)[nH]c12.Cc1c(Br)cnc2nc(-c3ccc([N+](=O)[O-])cc3)[nH]c12. The van der Waals surface area contributed by atoms with Crippen LogP contribution in [-0.2, 0) is 0 Å². The van der Waals surface area contributed by atoms with Crippen LogP contribution in [0.2, 0.25) is 0 Å². The van der Waals surface area contributed by atoms with Crippen molar-refractivity contribution < 1.29 is 9.66 Å². The van der Waals surface area contributed by atoms with Gasteiger partial charge in [0.2, 0.25) is 0 Å². The first-order valence-electron chi connectivity index (χ1n) is 20.5. The smallest absolute Gasteiger partial charge is 0.269 e. The number of nitro groups is 1. The summed E-state index contributed by atoms with van der Waals surface area (Å²) in [4.78, 5) is 49.0. The quantitative estimate of drug-likeness (QED) is 0.0640. The monoisotopic (exact) mass is 1050 g/mol. The van der Waals surface area contributed by atoms with Crippen molar-refractivity contribution in [2.45, 2.75) is 40.0 Å².